The molecule has 172 valence electrons. The predicted octanol–water partition coefficient (Wildman–Crippen LogP) is 8.80. The van der Waals surface area contributed by atoms with Crippen LogP contribution in [0.3, 0.4) is 0 Å². The Hall–Kier alpha value is -3.20. The Morgan fingerprint density at radius 1 is 0.529 bits per heavy atom. The molecule has 0 saturated heterocycles. The van der Waals surface area contributed by atoms with Crippen LogP contribution in [0.2, 0.25) is 10.0 Å². The first-order chi connectivity index (χ1) is 16.6. The molecule has 0 bridgehead atoms. The van der Waals surface area contributed by atoms with Crippen LogP contribution in [0.4, 0.5) is 0 Å². The topological polar surface area (TPSA) is 18.5 Å². The molecule has 0 radical (unpaired) electrons. The SMILES string of the molecule is CCOc1ccc(/C(=C(/c2ccc(OCC)cc2)c2ccccc2Cl)c2ccccc2Cl)cc1. The van der Waals surface area contributed by atoms with Gasteiger partial charge in [-0.1, -0.05) is 83.9 Å². The van der Waals surface area contributed by atoms with Gasteiger partial charge in [-0.2, -0.15) is 0 Å². The Balaban J connectivity index is 2.05. The molecule has 34 heavy (non-hydrogen) atoms. The Bertz CT molecular complexity index is 1170. The van der Waals surface area contributed by atoms with E-state index in [1.54, 1.807) is 0 Å². The van der Waals surface area contributed by atoms with Gasteiger partial charge in [-0.3, -0.25) is 0 Å². The molecule has 4 aromatic rings. The molecule has 0 unspecified atom stereocenters. The van der Waals surface area contributed by atoms with Crippen LogP contribution in [0.15, 0.2) is 97.1 Å². The zero-order chi connectivity index (χ0) is 23.9. The molecule has 4 aromatic carbocycles. The lowest BCUT2D eigenvalue weighted by Gasteiger charge is -2.20. The van der Waals surface area contributed by atoms with Crippen LogP contribution in [0.1, 0.15) is 36.1 Å². The van der Waals surface area contributed by atoms with E-state index in [0.717, 1.165) is 44.9 Å². The minimum absolute atomic E-state index is 0.615. The molecule has 0 N–H and O–H groups in total. The fourth-order valence-corrected chi connectivity index (χ4v) is 4.43. The molecule has 0 aliphatic heterocycles. The maximum absolute atomic E-state index is 6.76. The summed E-state index contributed by atoms with van der Waals surface area (Å²) < 4.78 is 11.4. The van der Waals surface area contributed by atoms with Gasteiger partial charge in [-0.15, -0.1) is 0 Å². The first kappa shape index (κ1) is 23.9. The fourth-order valence-electron chi connectivity index (χ4n) is 3.97. The van der Waals surface area contributed by atoms with Crippen LogP contribution >= 0.6 is 23.2 Å². The largest absolute Gasteiger partial charge is 0.494 e. The van der Waals surface area contributed by atoms with Crippen molar-refractivity contribution in [1.82, 2.24) is 0 Å². The van der Waals surface area contributed by atoms with Crippen LogP contribution in [0, 0.1) is 0 Å². The summed E-state index contributed by atoms with van der Waals surface area (Å²) in [5.41, 5.74) is 5.87. The van der Waals surface area contributed by atoms with Crippen molar-refractivity contribution in [3.8, 4) is 11.5 Å². The van der Waals surface area contributed by atoms with E-state index in [0.29, 0.717) is 23.3 Å². The highest BCUT2D eigenvalue weighted by molar-refractivity contribution is 6.34. The molecule has 0 spiro atoms. The van der Waals surface area contributed by atoms with Crippen LogP contribution < -0.4 is 9.47 Å². The molecular formula is C30H26Cl2O2. The number of benzene rings is 4. The fraction of sp³-hybridized carbons (Fsp3) is 0.133. The monoisotopic (exact) mass is 488 g/mol. The molecule has 4 rings (SSSR count). The first-order valence-electron chi connectivity index (χ1n) is 11.3. The Morgan fingerprint density at radius 3 is 1.21 bits per heavy atom. The van der Waals surface area contributed by atoms with Gasteiger partial charge >= 0.3 is 0 Å². The summed E-state index contributed by atoms with van der Waals surface area (Å²) in [6.07, 6.45) is 0. The van der Waals surface area contributed by atoms with Gasteiger partial charge < -0.3 is 9.47 Å². The number of hydrogen-bond acceptors (Lipinski definition) is 2. The highest BCUT2D eigenvalue weighted by Gasteiger charge is 2.20. The van der Waals surface area contributed by atoms with Gasteiger partial charge in [0.25, 0.3) is 0 Å². The molecule has 0 aliphatic rings. The average Bonchev–Trinajstić information content (AvgIpc) is 2.86. The number of ether oxygens (including phenoxy) is 2. The van der Waals surface area contributed by atoms with Gasteiger partial charge in [0.15, 0.2) is 0 Å². The van der Waals surface area contributed by atoms with Gasteiger partial charge in [-0.25, -0.2) is 0 Å². The zero-order valence-corrected chi connectivity index (χ0v) is 20.7. The van der Waals surface area contributed by atoms with E-state index in [1.807, 2.05) is 86.6 Å². The molecular weight excluding hydrogens is 463 g/mol. The predicted molar refractivity (Wildman–Crippen MR) is 143 cm³/mol. The van der Waals surface area contributed by atoms with Gasteiger partial charge in [-0.05, 0) is 72.5 Å². The van der Waals surface area contributed by atoms with Crippen molar-refractivity contribution in [2.75, 3.05) is 13.2 Å². The van der Waals surface area contributed by atoms with Crippen LogP contribution in [-0.2, 0) is 0 Å². The van der Waals surface area contributed by atoms with Gasteiger partial charge in [0.1, 0.15) is 11.5 Å². The standard InChI is InChI=1S/C30H26Cl2O2/c1-3-33-23-17-13-21(14-18-23)29(25-9-5-7-11-27(25)31)30(26-10-6-8-12-28(26)32)22-15-19-24(20-16-22)34-4-2/h5-20H,3-4H2,1-2H3/b30-29+. The molecule has 0 fully saturated rings. The second-order valence-corrected chi connectivity index (χ2v) is 8.44. The minimum Gasteiger partial charge on any atom is -0.494 e. The second-order valence-electron chi connectivity index (χ2n) is 7.62. The third kappa shape index (κ3) is 5.30. The molecule has 4 heteroatoms. The summed E-state index contributed by atoms with van der Waals surface area (Å²) in [5, 5.41) is 1.34. The van der Waals surface area contributed by atoms with Crippen LogP contribution in [-0.4, -0.2) is 13.2 Å². The lowest BCUT2D eigenvalue weighted by atomic mass is 9.85. The number of hydrogen-bond donors (Lipinski definition) is 0. The summed E-state index contributed by atoms with van der Waals surface area (Å²) >= 11 is 13.5. The highest BCUT2D eigenvalue weighted by atomic mass is 35.5. The van der Waals surface area contributed by atoms with E-state index in [1.165, 1.54) is 0 Å². The van der Waals surface area contributed by atoms with Gasteiger partial charge in [0.2, 0.25) is 0 Å². The van der Waals surface area contributed by atoms with E-state index in [9.17, 15) is 0 Å². The molecule has 0 aromatic heterocycles. The second kappa shape index (κ2) is 11.3. The van der Waals surface area contributed by atoms with Crippen molar-refractivity contribution in [2.45, 2.75) is 13.8 Å². The van der Waals surface area contributed by atoms with Crippen molar-refractivity contribution in [3.63, 3.8) is 0 Å². The summed E-state index contributed by atoms with van der Waals surface area (Å²) in [5.74, 6) is 1.65. The van der Waals surface area contributed by atoms with Crippen molar-refractivity contribution in [1.29, 1.82) is 0 Å². The molecule has 0 heterocycles. The Morgan fingerprint density at radius 2 is 0.882 bits per heavy atom. The lowest BCUT2D eigenvalue weighted by Crippen LogP contribution is -2.00. The average molecular weight is 489 g/mol. The van der Waals surface area contributed by atoms with Crippen molar-refractivity contribution < 1.29 is 9.47 Å². The zero-order valence-electron chi connectivity index (χ0n) is 19.2. The summed E-state index contributed by atoms with van der Waals surface area (Å²) in [7, 11) is 0. The summed E-state index contributed by atoms with van der Waals surface area (Å²) in [6.45, 7) is 5.18. The molecule has 2 nitrogen and oxygen atoms in total. The minimum atomic E-state index is 0.615. The number of rotatable bonds is 8. The quantitative estimate of drug-likeness (QED) is 0.230. The smallest absolute Gasteiger partial charge is 0.119 e. The first-order valence-corrected chi connectivity index (χ1v) is 12.1. The molecule has 0 amide bonds. The van der Waals surface area contributed by atoms with Gasteiger partial charge in [0, 0.05) is 21.2 Å². The van der Waals surface area contributed by atoms with E-state index < -0.39 is 0 Å². The number of halogens is 2. The van der Waals surface area contributed by atoms with Crippen LogP contribution in [0.25, 0.3) is 11.1 Å². The molecule has 0 saturated carbocycles. The van der Waals surface area contributed by atoms with E-state index in [4.69, 9.17) is 32.7 Å². The van der Waals surface area contributed by atoms with Gasteiger partial charge in [0.05, 0.1) is 13.2 Å². The normalized spacial score (nSPS) is 11.6. The Kier molecular flexibility index (Phi) is 7.95. The summed E-state index contributed by atoms with van der Waals surface area (Å²) in [6, 6.07) is 32.0. The third-order valence-corrected chi connectivity index (χ3v) is 6.10. The van der Waals surface area contributed by atoms with Crippen molar-refractivity contribution in [2.24, 2.45) is 0 Å². The molecule has 0 atom stereocenters. The Labute approximate surface area is 211 Å². The maximum atomic E-state index is 6.76. The maximum Gasteiger partial charge on any atom is 0.119 e. The molecule has 0 aliphatic carbocycles. The van der Waals surface area contributed by atoms with E-state index in [2.05, 4.69) is 24.3 Å². The highest BCUT2D eigenvalue weighted by Crippen LogP contribution is 2.41. The summed E-state index contributed by atoms with van der Waals surface area (Å²) in [4.78, 5) is 0. The van der Waals surface area contributed by atoms with E-state index in [-0.39, 0.29) is 0 Å². The van der Waals surface area contributed by atoms with Crippen molar-refractivity contribution in [3.05, 3.63) is 129 Å². The lowest BCUT2D eigenvalue weighted by molar-refractivity contribution is 0.340. The van der Waals surface area contributed by atoms with Crippen LogP contribution in [0.5, 0.6) is 11.5 Å². The van der Waals surface area contributed by atoms with Crippen molar-refractivity contribution >= 4 is 34.3 Å². The van der Waals surface area contributed by atoms with E-state index >= 15 is 0 Å². The third-order valence-electron chi connectivity index (χ3n) is 5.44.